The van der Waals surface area contributed by atoms with E-state index in [4.69, 9.17) is 9.72 Å². The summed E-state index contributed by atoms with van der Waals surface area (Å²) in [7, 11) is 5.10. The first kappa shape index (κ1) is 24.5. The molecule has 2 heterocycles. The van der Waals surface area contributed by atoms with E-state index in [1.807, 2.05) is 48.2 Å². The van der Waals surface area contributed by atoms with Crippen molar-refractivity contribution in [1.82, 2.24) is 24.3 Å². The lowest BCUT2D eigenvalue weighted by Gasteiger charge is -2.34. The lowest BCUT2D eigenvalue weighted by atomic mass is 10.2. The molecule has 0 unspecified atom stereocenters. The van der Waals surface area contributed by atoms with Crippen molar-refractivity contribution in [1.29, 1.82) is 0 Å². The largest absolute Gasteiger partial charge is 0.495 e. The van der Waals surface area contributed by atoms with Crippen LogP contribution in [0.3, 0.4) is 0 Å². The highest BCUT2D eigenvalue weighted by molar-refractivity contribution is 5.97. The topological polar surface area (TPSA) is 82.9 Å². The van der Waals surface area contributed by atoms with E-state index >= 15 is 0 Å². The van der Waals surface area contributed by atoms with Crippen molar-refractivity contribution in [3.8, 4) is 5.75 Å². The van der Waals surface area contributed by atoms with Gasteiger partial charge in [-0.15, -0.1) is 0 Å². The number of aromatic nitrogens is 2. The Morgan fingerprint density at radius 2 is 1.83 bits per heavy atom. The van der Waals surface area contributed by atoms with E-state index in [1.54, 1.807) is 26.1 Å². The van der Waals surface area contributed by atoms with Crippen molar-refractivity contribution in [3.63, 3.8) is 0 Å². The summed E-state index contributed by atoms with van der Waals surface area (Å²) >= 11 is 0. The molecule has 186 valence electrons. The molecule has 0 atom stereocenters. The number of methoxy groups -OCH3 is 1. The van der Waals surface area contributed by atoms with Crippen LogP contribution in [-0.4, -0.2) is 83.6 Å². The fourth-order valence-electron chi connectivity index (χ4n) is 4.47. The number of anilines is 1. The number of ether oxygens (including phenoxy) is 1. The summed E-state index contributed by atoms with van der Waals surface area (Å²) in [5.74, 6) is 1.59. The summed E-state index contributed by atoms with van der Waals surface area (Å²) in [6.07, 6.45) is 0. The molecule has 1 saturated heterocycles. The number of nitrogens with one attached hydrogen (secondary N) is 1. The van der Waals surface area contributed by atoms with E-state index in [1.165, 1.54) is 0 Å². The van der Waals surface area contributed by atoms with Gasteiger partial charge in [0.2, 0.25) is 0 Å². The third-order valence-electron chi connectivity index (χ3n) is 6.42. The van der Waals surface area contributed by atoms with Gasteiger partial charge in [0.15, 0.2) is 0 Å². The molecule has 0 radical (unpaired) electrons. The van der Waals surface area contributed by atoms with Crippen LogP contribution >= 0.6 is 0 Å². The van der Waals surface area contributed by atoms with Gasteiger partial charge < -0.3 is 24.4 Å². The van der Waals surface area contributed by atoms with Crippen LogP contribution in [-0.2, 0) is 13.1 Å². The first-order valence-electron chi connectivity index (χ1n) is 11.9. The zero-order chi connectivity index (χ0) is 25.1. The van der Waals surface area contributed by atoms with Crippen molar-refractivity contribution in [2.45, 2.75) is 26.9 Å². The lowest BCUT2D eigenvalue weighted by molar-refractivity contribution is 0.0827. The Balaban J connectivity index is 1.41. The molecule has 0 spiro atoms. The molecule has 1 fully saturated rings. The zero-order valence-electron chi connectivity index (χ0n) is 21.2. The summed E-state index contributed by atoms with van der Waals surface area (Å²) in [5, 5.41) is 2.99. The standard InChI is InChI=1S/C26H34N6O3/c1-6-32-22-9-8-19(25(33)29(3)4)16-20(22)27-24(32)17-30-11-13-31(14-12-30)26(34)28-21-15-18(2)7-10-23(21)35-5/h7-10,15-16H,6,11-14,17H2,1-5H3,(H,28,34). The van der Waals surface area contributed by atoms with Crippen molar-refractivity contribution >= 4 is 28.7 Å². The van der Waals surface area contributed by atoms with Crippen molar-refractivity contribution in [3.05, 3.63) is 53.3 Å². The molecule has 3 aromatic rings. The van der Waals surface area contributed by atoms with Gasteiger partial charge in [0.1, 0.15) is 11.6 Å². The van der Waals surface area contributed by atoms with Gasteiger partial charge >= 0.3 is 6.03 Å². The number of piperazine rings is 1. The molecule has 9 nitrogen and oxygen atoms in total. The van der Waals surface area contributed by atoms with Crippen molar-refractivity contribution in [2.75, 3.05) is 52.7 Å². The highest BCUT2D eigenvalue weighted by Gasteiger charge is 2.24. The van der Waals surface area contributed by atoms with E-state index in [9.17, 15) is 9.59 Å². The number of imidazole rings is 1. The predicted octanol–water partition coefficient (Wildman–Crippen LogP) is 3.42. The Bertz CT molecular complexity index is 1230. The van der Waals surface area contributed by atoms with E-state index < -0.39 is 0 Å². The van der Waals surface area contributed by atoms with Crippen LogP contribution in [0.2, 0.25) is 0 Å². The highest BCUT2D eigenvalue weighted by Crippen LogP contribution is 2.26. The van der Waals surface area contributed by atoms with Gasteiger partial charge in [-0.3, -0.25) is 9.69 Å². The van der Waals surface area contributed by atoms with Crippen LogP contribution in [0.4, 0.5) is 10.5 Å². The van der Waals surface area contributed by atoms with Gasteiger partial charge in [0, 0.05) is 52.4 Å². The first-order valence-corrected chi connectivity index (χ1v) is 11.9. The predicted molar refractivity (Wildman–Crippen MR) is 137 cm³/mol. The van der Waals surface area contributed by atoms with E-state index in [2.05, 4.69) is 21.7 Å². The summed E-state index contributed by atoms with van der Waals surface area (Å²) in [5.41, 5.74) is 4.24. The molecule has 1 N–H and O–H groups in total. The number of carbonyl (C=O) groups excluding carboxylic acids is 2. The lowest BCUT2D eigenvalue weighted by Crippen LogP contribution is -2.49. The summed E-state index contributed by atoms with van der Waals surface area (Å²) < 4.78 is 7.58. The SMILES string of the molecule is CCn1c(CN2CCN(C(=O)Nc3cc(C)ccc3OC)CC2)nc2cc(C(=O)N(C)C)ccc21. The molecule has 0 aliphatic carbocycles. The molecule has 0 saturated carbocycles. The normalized spacial score (nSPS) is 14.3. The number of aryl methyl sites for hydroxylation is 2. The number of rotatable bonds is 6. The summed E-state index contributed by atoms with van der Waals surface area (Å²) in [6, 6.07) is 11.3. The molecule has 4 rings (SSSR count). The van der Waals surface area contributed by atoms with Crippen LogP contribution in [0.25, 0.3) is 11.0 Å². The van der Waals surface area contributed by atoms with Crippen molar-refractivity contribution in [2.24, 2.45) is 0 Å². The quantitative estimate of drug-likeness (QED) is 0.587. The molecule has 9 heteroatoms. The van der Waals surface area contributed by atoms with E-state index in [0.717, 1.165) is 42.1 Å². The molecule has 35 heavy (non-hydrogen) atoms. The number of hydrogen-bond donors (Lipinski definition) is 1. The van der Waals surface area contributed by atoms with Crippen LogP contribution in [0.1, 0.15) is 28.7 Å². The number of fused-ring (bicyclic) bond motifs is 1. The number of carbonyl (C=O) groups is 2. The molecule has 2 aromatic carbocycles. The van der Waals surface area contributed by atoms with Gasteiger partial charge in [-0.2, -0.15) is 0 Å². The number of nitrogens with zero attached hydrogens (tertiary/aromatic N) is 5. The van der Waals surface area contributed by atoms with Crippen LogP contribution in [0.15, 0.2) is 36.4 Å². The van der Waals surface area contributed by atoms with Gasteiger partial charge in [0.25, 0.3) is 5.91 Å². The van der Waals surface area contributed by atoms with E-state index in [-0.39, 0.29) is 11.9 Å². The number of benzene rings is 2. The molecular weight excluding hydrogens is 444 g/mol. The molecule has 1 aliphatic heterocycles. The highest BCUT2D eigenvalue weighted by atomic mass is 16.5. The van der Waals surface area contributed by atoms with Crippen molar-refractivity contribution < 1.29 is 14.3 Å². The maximum atomic E-state index is 12.9. The number of amides is 3. The Hall–Kier alpha value is -3.59. The zero-order valence-corrected chi connectivity index (χ0v) is 21.2. The second kappa shape index (κ2) is 10.4. The monoisotopic (exact) mass is 478 g/mol. The van der Waals surface area contributed by atoms with Gasteiger partial charge in [-0.25, -0.2) is 9.78 Å². The minimum absolute atomic E-state index is 0.0304. The van der Waals surface area contributed by atoms with Crippen LogP contribution in [0.5, 0.6) is 5.75 Å². The molecular formula is C26H34N6O3. The Labute approximate surface area is 206 Å². The Morgan fingerprint density at radius 3 is 2.49 bits per heavy atom. The van der Waals surface area contributed by atoms with Crippen LogP contribution in [0, 0.1) is 6.92 Å². The third kappa shape index (κ3) is 5.24. The first-order chi connectivity index (χ1) is 16.8. The molecule has 3 amide bonds. The van der Waals surface area contributed by atoms with E-state index in [0.29, 0.717) is 36.6 Å². The smallest absolute Gasteiger partial charge is 0.322 e. The van der Waals surface area contributed by atoms with Gasteiger partial charge in [-0.1, -0.05) is 6.07 Å². The minimum Gasteiger partial charge on any atom is -0.495 e. The number of urea groups is 1. The van der Waals surface area contributed by atoms with Crippen LogP contribution < -0.4 is 10.1 Å². The third-order valence-corrected chi connectivity index (χ3v) is 6.42. The Morgan fingerprint density at radius 1 is 1.09 bits per heavy atom. The fraction of sp³-hybridized carbons (Fsp3) is 0.423. The average Bonchev–Trinajstić information content (AvgIpc) is 3.20. The van der Waals surface area contributed by atoms with Gasteiger partial charge in [-0.05, 0) is 49.7 Å². The number of hydrogen-bond acceptors (Lipinski definition) is 5. The Kier molecular flexibility index (Phi) is 7.25. The maximum Gasteiger partial charge on any atom is 0.322 e. The second-order valence-corrected chi connectivity index (χ2v) is 9.07. The second-order valence-electron chi connectivity index (χ2n) is 9.07. The summed E-state index contributed by atoms with van der Waals surface area (Å²) in [4.78, 5) is 35.8. The molecule has 1 aromatic heterocycles. The molecule has 0 bridgehead atoms. The maximum absolute atomic E-state index is 12.9. The summed E-state index contributed by atoms with van der Waals surface area (Å²) in [6.45, 7) is 8.37. The van der Waals surface area contributed by atoms with Gasteiger partial charge in [0.05, 0.1) is 30.4 Å². The molecule has 1 aliphatic rings. The minimum atomic E-state index is -0.118. The fourth-order valence-corrected chi connectivity index (χ4v) is 4.47. The average molecular weight is 479 g/mol.